The largest absolute Gasteiger partial charge is 0.322 e. The summed E-state index contributed by atoms with van der Waals surface area (Å²) >= 11 is 0. The van der Waals surface area contributed by atoms with Gasteiger partial charge in [-0.3, -0.25) is 0 Å². The van der Waals surface area contributed by atoms with Crippen LogP contribution in [0.4, 0.5) is 0 Å². The lowest BCUT2D eigenvalue weighted by molar-refractivity contribution is 0.534. The lowest BCUT2D eigenvalue weighted by atomic mass is 9.96. The van der Waals surface area contributed by atoms with E-state index in [2.05, 4.69) is 0 Å². The number of hydrogen-bond acceptors (Lipinski definition) is 3. The van der Waals surface area contributed by atoms with Crippen molar-refractivity contribution in [2.24, 2.45) is 5.73 Å². The number of rotatable bonds is 3. The average molecular weight is 239 g/mol. The molecule has 0 bridgehead atoms. The molecule has 2 rings (SSSR count). The van der Waals surface area contributed by atoms with Gasteiger partial charge in [-0.15, -0.1) is 0 Å². The summed E-state index contributed by atoms with van der Waals surface area (Å²) in [6.45, 7) is 3.66. The molecule has 0 atom stereocenters. The lowest BCUT2D eigenvalue weighted by Gasteiger charge is -2.22. The first-order chi connectivity index (χ1) is 7.33. The van der Waals surface area contributed by atoms with Gasteiger partial charge < -0.3 is 5.73 Å². The fraction of sp³-hybridized carbons (Fsp3) is 0.500. The predicted octanol–water partition coefficient (Wildman–Crippen LogP) is 1.82. The van der Waals surface area contributed by atoms with E-state index >= 15 is 0 Å². The monoisotopic (exact) mass is 239 g/mol. The number of sulfone groups is 1. The van der Waals surface area contributed by atoms with Crippen LogP contribution in [-0.4, -0.2) is 13.7 Å². The molecule has 1 fully saturated rings. The maximum Gasteiger partial charge on any atom is 0.181 e. The minimum absolute atomic E-state index is 0.184. The van der Waals surface area contributed by atoms with Crippen molar-refractivity contribution in [2.45, 2.75) is 42.4 Å². The number of hydrogen-bond donors (Lipinski definition) is 1. The second-order valence-corrected chi connectivity index (χ2v) is 7.16. The molecule has 0 aliphatic heterocycles. The Morgan fingerprint density at radius 2 is 1.81 bits per heavy atom. The van der Waals surface area contributed by atoms with Crippen LogP contribution in [0.3, 0.4) is 0 Å². The van der Waals surface area contributed by atoms with Crippen LogP contribution in [0.2, 0.25) is 0 Å². The molecular weight excluding hydrogens is 222 g/mol. The molecule has 0 amide bonds. The quantitative estimate of drug-likeness (QED) is 0.875. The van der Waals surface area contributed by atoms with Crippen molar-refractivity contribution in [3.05, 3.63) is 29.8 Å². The van der Waals surface area contributed by atoms with Gasteiger partial charge in [0, 0.05) is 5.54 Å². The molecule has 1 aromatic carbocycles. The highest BCUT2D eigenvalue weighted by atomic mass is 32.2. The van der Waals surface area contributed by atoms with Gasteiger partial charge in [0.2, 0.25) is 0 Å². The first-order valence-electron chi connectivity index (χ1n) is 5.46. The minimum Gasteiger partial charge on any atom is -0.322 e. The minimum atomic E-state index is -3.16. The van der Waals surface area contributed by atoms with Crippen LogP contribution in [0.25, 0.3) is 0 Å². The summed E-state index contributed by atoms with van der Waals surface area (Å²) in [5.41, 5.74) is 6.09. The molecule has 0 heterocycles. The van der Waals surface area contributed by atoms with Gasteiger partial charge in [0.1, 0.15) is 0 Å². The molecular formula is C12H17NO2S. The van der Waals surface area contributed by atoms with Crippen LogP contribution in [0, 0.1) is 0 Å². The summed E-state index contributed by atoms with van der Waals surface area (Å²) in [6.07, 6.45) is 1.56. The molecule has 2 N–H and O–H groups in total. The van der Waals surface area contributed by atoms with Gasteiger partial charge in [0.05, 0.1) is 10.1 Å². The van der Waals surface area contributed by atoms with Crippen molar-refractivity contribution in [1.29, 1.82) is 0 Å². The molecule has 1 saturated carbocycles. The summed E-state index contributed by atoms with van der Waals surface area (Å²) in [5.74, 6) is 0. The summed E-state index contributed by atoms with van der Waals surface area (Å²) in [6, 6.07) is 7.05. The van der Waals surface area contributed by atoms with E-state index in [9.17, 15) is 8.42 Å². The van der Waals surface area contributed by atoms with Crippen LogP contribution in [-0.2, 0) is 15.4 Å². The molecule has 0 spiro atoms. The standard InChI is InChI=1S/C12H17NO2S/c1-12(2,13)10-5-3-4-6-11(10)16(14,15)9-7-8-9/h3-6,9H,7-8,13H2,1-2H3. The fourth-order valence-electron chi connectivity index (χ4n) is 1.80. The lowest BCUT2D eigenvalue weighted by Crippen LogP contribution is -2.31. The zero-order chi connectivity index (χ0) is 12.0. The van der Waals surface area contributed by atoms with E-state index in [-0.39, 0.29) is 5.25 Å². The highest BCUT2D eigenvalue weighted by molar-refractivity contribution is 7.92. The van der Waals surface area contributed by atoms with Gasteiger partial charge in [0.15, 0.2) is 9.84 Å². The second kappa shape index (κ2) is 3.57. The van der Waals surface area contributed by atoms with Crippen LogP contribution in [0.5, 0.6) is 0 Å². The van der Waals surface area contributed by atoms with Crippen LogP contribution in [0.15, 0.2) is 29.2 Å². The van der Waals surface area contributed by atoms with Crippen molar-refractivity contribution in [2.75, 3.05) is 0 Å². The summed E-state index contributed by atoms with van der Waals surface area (Å²) < 4.78 is 24.4. The highest BCUT2D eigenvalue weighted by Gasteiger charge is 2.39. The van der Waals surface area contributed by atoms with Crippen LogP contribution >= 0.6 is 0 Å². The molecule has 16 heavy (non-hydrogen) atoms. The van der Waals surface area contributed by atoms with E-state index in [1.807, 2.05) is 19.9 Å². The maximum absolute atomic E-state index is 12.2. The third-order valence-electron chi connectivity index (χ3n) is 2.85. The van der Waals surface area contributed by atoms with E-state index < -0.39 is 15.4 Å². The third kappa shape index (κ3) is 1.99. The van der Waals surface area contributed by atoms with Crippen molar-refractivity contribution in [3.8, 4) is 0 Å². The smallest absolute Gasteiger partial charge is 0.181 e. The molecule has 3 nitrogen and oxygen atoms in total. The van der Waals surface area contributed by atoms with Gasteiger partial charge in [-0.1, -0.05) is 18.2 Å². The Morgan fingerprint density at radius 3 is 2.31 bits per heavy atom. The molecule has 88 valence electrons. The van der Waals surface area contributed by atoms with Gasteiger partial charge in [-0.05, 0) is 38.3 Å². The molecule has 1 aromatic rings. The van der Waals surface area contributed by atoms with Gasteiger partial charge in [0.25, 0.3) is 0 Å². The maximum atomic E-state index is 12.2. The van der Waals surface area contributed by atoms with E-state index in [0.29, 0.717) is 10.5 Å². The van der Waals surface area contributed by atoms with Crippen molar-refractivity contribution < 1.29 is 8.42 Å². The summed E-state index contributed by atoms with van der Waals surface area (Å²) in [5, 5.41) is -0.184. The topological polar surface area (TPSA) is 60.2 Å². The molecule has 1 aliphatic rings. The fourth-order valence-corrected chi connectivity index (χ4v) is 3.83. The third-order valence-corrected chi connectivity index (χ3v) is 5.17. The Labute approximate surface area is 96.6 Å². The first kappa shape index (κ1) is 11.6. The molecule has 0 aromatic heterocycles. The van der Waals surface area contributed by atoms with Crippen molar-refractivity contribution >= 4 is 9.84 Å². The Bertz CT molecular complexity index is 496. The average Bonchev–Trinajstić information content (AvgIpc) is 2.99. The normalized spacial score (nSPS) is 17.4. The van der Waals surface area contributed by atoms with Gasteiger partial charge >= 0.3 is 0 Å². The summed E-state index contributed by atoms with van der Waals surface area (Å²) in [7, 11) is -3.16. The molecule has 0 unspecified atom stereocenters. The van der Waals surface area contributed by atoms with Gasteiger partial charge in [-0.2, -0.15) is 0 Å². The van der Waals surface area contributed by atoms with E-state index in [4.69, 9.17) is 5.73 Å². The Hall–Kier alpha value is -0.870. The van der Waals surface area contributed by atoms with Crippen LogP contribution < -0.4 is 5.73 Å². The number of benzene rings is 1. The van der Waals surface area contributed by atoms with Crippen molar-refractivity contribution in [3.63, 3.8) is 0 Å². The van der Waals surface area contributed by atoms with Crippen molar-refractivity contribution in [1.82, 2.24) is 0 Å². The number of nitrogens with two attached hydrogens (primary N) is 1. The molecule has 1 aliphatic carbocycles. The van der Waals surface area contributed by atoms with E-state index in [1.54, 1.807) is 18.2 Å². The predicted molar refractivity (Wildman–Crippen MR) is 63.9 cm³/mol. The SMILES string of the molecule is CC(C)(N)c1ccccc1S(=O)(=O)C1CC1. The van der Waals surface area contributed by atoms with Crippen LogP contribution in [0.1, 0.15) is 32.3 Å². The van der Waals surface area contributed by atoms with E-state index in [0.717, 1.165) is 12.8 Å². The highest BCUT2D eigenvalue weighted by Crippen LogP contribution is 2.36. The molecule has 0 saturated heterocycles. The Kier molecular flexibility index (Phi) is 2.59. The molecule has 4 heteroatoms. The first-order valence-corrected chi connectivity index (χ1v) is 7.00. The Balaban J connectivity index is 2.57. The molecule has 0 radical (unpaired) electrons. The van der Waals surface area contributed by atoms with Gasteiger partial charge in [-0.25, -0.2) is 8.42 Å². The Morgan fingerprint density at radius 1 is 1.25 bits per heavy atom. The zero-order valence-corrected chi connectivity index (χ0v) is 10.4. The van der Waals surface area contributed by atoms with E-state index in [1.165, 1.54) is 0 Å². The summed E-state index contributed by atoms with van der Waals surface area (Å²) in [4.78, 5) is 0.407. The second-order valence-electron chi connectivity index (χ2n) is 4.96. The zero-order valence-electron chi connectivity index (χ0n) is 9.60.